The normalized spacial score (nSPS) is 12.3. The first-order valence-corrected chi connectivity index (χ1v) is 7.32. The van der Waals surface area contributed by atoms with Gasteiger partial charge in [-0.2, -0.15) is 0 Å². The predicted molar refractivity (Wildman–Crippen MR) is 89.6 cm³/mol. The molecule has 4 nitrogen and oxygen atoms in total. The smallest absolute Gasteiger partial charge is 0.319 e. The molecule has 0 fully saturated rings. The average Bonchev–Trinajstić information content (AvgIpc) is 2.48. The first-order chi connectivity index (χ1) is 9.90. The van der Waals surface area contributed by atoms with Gasteiger partial charge in [-0.15, -0.1) is 24.2 Å². The van der Waals surface area contributed by atoms with E-state index in [1.807, 2.05) is 18.2 Å². The Hall–Kier alpha value is -1.56. The molecule has 0 bridgehead atoms. The number of pyridine rings is 1. The maximum absolute atomic E-state index is 11.1. The van der Waals surface area contributed by atoms with Crippen LogP contribution in [0.2, 0.25) is 0 Å². The quantitative estimate of drug-likeness (QED) is 0.815. The number of aromatic nitrogens is 1. The zero-order chi connectivity index (χ0) is 15.5. The van der Waals surface area contributed by atoms with Crippen LogP contribution in [0, 0.1) is 0 Å². The molecule has 0 amide bonds. The lowest BCUT2D eigenvalue weighted by Crippen LogP contribution is -2.26. The molecule has 22 heavy (non-hydrogen) atoms. The molecule has 0 aliphatic heterocycles. The number of carboxylic acid groups (broad SMARTS) is 1. The van der Waals surface area contributed by atoms with E-state index < -0.39 is 16.8 Å². The van der Waals surface area contributed by atoms with Gasteiger partial charge in [0.25, 0.3) is 0 Å². The van der Waals surface area contributed by atoms with Crippen molar-refractivity contribution in [1.82, 2.24) is 4.98 Å². The van der Waals surface area contributed by atoms with Crippen LogP contribution in [0.3, 0.4) is 0 Å². The minimum Gasteiger partial charge on any atom is -0.480 e. The van der Waals surface area contributed by atoms with E-state index in [0.29, 0.717) is 0 Å². The Kier molecular flexibility index (Phi) is 6.41. The van der Waals surface area contributed by atoms with E-state index >= 15 is 0 Å². The maximum atomic E-state index is 11.1. The van der Waals surface area contributed by atoms with Gasteiger partial charge < -0.3 is 10.2 Å². The van der Waals surface area contributed by atoms with Gasteiger partial charge in [0.15, 0.2) is 0 Å². The van der Waals surface area contributed by atoms with Crippen LogP contribution in [0.1, 0.15) is 31.1 Å². The summed E-state index contributed by atoms with van der Waals surface area (Å²) < 4.78 is -0.885. The Balaban J connectivity index is 0.00000242. The number of aliphatic carboxylic acids is 1. The number of aliphatic hydroxyl groups excluding tert-OH is 1. The first-order valence-electron chi connectivity index (χ1n) is 6.50. The van der Waals surface area contributed by atoms with Crippen molar-refractivity contribution in [2.24, 2.45) is 0 Å². The fraction of sp³-hybridized carbons (Fsp3) is 0.250. The molecule has 0 saturated carbocycles. The number of halogens is 1. The molecule has 0 spiro atoms. The molecule has 1 aromatic carbocycles. The molecular weight excluding hydrogens is 322 g/mol. The summed E-state index contributed by atoms with van der Waals surface area (Å²) in [6.07, 6.45) is 2.55. The Morgan fingerprint density at radius 1 is 1.18 bits per heavy atom. The molecule has 1 atom stereocenters. The Labute approximate surface area is 140 Å². The number of rotatable bonds is 5. The Bertz CT molecular complexity index is 617. The van der Waals surface area contributed by atoms with E-state index in [-0.39, 0.29) is 12.4 Å². The van der Waals surface area contributed by atoms with Crippen LogP contribution < -0.4 is 0 Å². The van der Waals surface area contributed by atoms with Gasteiger partial charge in [-0.1, -0.05) is 18.2 Å². The summed E-state index contributed by atoms with van der Waals surface area (Å²) in [7, 11) is 0. The third-order valence-electron chi connectivity index (χ3n) is 3.08. The maximum Gasteiger partial charge on any atom is 0.319 e. The number of carboxylic acids is 1. The number of thioether (sulfide) groups is 1. The van der Waals surface area contributed by atoms with Crippen LogP contribution in [0.4, 0.5) is 0 Å². The van der Waals surface area contributed by atoms with Crippen LogP contribution >= 0.6 is 24.2 Å². The number of benzene rings is 1. The fourth-order valence-corrected chi connectivity index (χ4v) is 2.74. The van der Waals surface area contributed by atoms with Gasteiger partial charge in [0.2, 0.25) is 0 Å². The number of aliphatic hydroxyl groups is 1. The van der Waals surface area contributed by atoms with Crippen molar-refractivity contribution in [2.45, 2.75) is 29.6 Å². The van der Waals surface area contributed by atoms with Crippen molar-refractivity contribution in [2.75, 3.05) is 0 Å². The van der Waals surface area contributed by atoms with Crippen LogP contribution in [0.15, 0.2) is 53.7 Å². The summed E-state index contributed by atoms with van der Waals surface area (Å²) in [6.45, 7) is 3.33. The van der Waals surface area contributed by atoms with Gasteiger partial charge in [0.1, 0.15) is 10.9 Å². The van der Waals surface area contributed by atoms with Crippen molar-refractivity contribution in [3.05, 3.63) is 59.9 Å². The number of hydrogen-bond donors (Lipinski definition) is 2. The standard InChI is InChI=1S/C16H17NO3S.ClH/c1-16(2,15(19)20)21-13-7-5-11(6-8-13)14(18)12-4-3-9-17-10-12;/h3-10,14,18H,1-2H3,(H,19,20);1H. The molecule has 6 heteroatoms. The van der Waals surface area contributed by atoms with E-state index in [9.17, 15) is 9.90 Å². The van der Waals surface area contributed by atoms with Gasteiger partial charge in [-0.05, 0) is 37.6 Å². The van der Waals surface area contributed by atoms with Gasteiger partial charge in [0.05, 0.1) is 0 Å². The van der Waals surface area contributed by atoms with E-state index in [0.717, 1.165) is 16.0 Å². The monoisotopic (exact) mass is 339 g/mol. The highest BCUT2D eigenvalue weighted by Crippen LogP contribution is 2.33. The van der Waals surface area contributed by atoms with Crippen molar-refractivity contribution >= 4 is 30.1 Å². The van der Waals surface area contributed by atoms with Crippen LogP contribution in [-0.2, 0) is 4.79 Å². The second kappa shape index (κ2) is 7.63. The van der Waals surface area contributed by atoms with E-state index in [2.05, 4.69) is 4.98 Å². The zero-order valence-corrected chi connectivity index (χ0v) is 13.9. The van der Waals surface area contributed by atoms with Gasteiger partial charge >= 0.3 is 5.97 Å². The third-order valence-corrected chi connectivity index (χ3v) is 4.28. The van der Waals surface area contributed by atoms with Gasteiger partial charge in [-0.3, -0.25) is 9.78 Å². The highest BCUT2D eigenvalue weighted by molar-refractivity contribution is 8.01. The van der Waals surface area contributed by atoms with Crippen LogP contribution in [-0.4, -0.2) is 25.9 Å². The zero-order valence-electron chi connectivity index (χ0n) is 12.3. The van der Waals surface area contributed by atoms with E-state index in [1.165, 1.54) is 11.8 Å². The molecule has 118 valence electrons. The lowest BCUT2D eigenvalue weighted by molar-refractivity contribution is -0.138. The number of hydrogen-bond acceptors (Lipinski definition) is 4. The molecule has 0 aliphatic rings. The Morgan fingerprint density at radius 3 is 2.32 bits per heavy atom. The lowest BCUT2D eigenvalue weighted by Gasteiger charge is -2.19. The van der Waals surface area contributed by atoms with E-state index in [1.54, 1.807) is 44.4 Å². The molecule has 2 aromatic rings. The largest absolute Gasteiger partial charge is 0.480 e. The second-order valence-electron chi connectivity index (χ2n) is 5.18. The van der Waals surface area contributed by atoms with Crippen molar-refractivity contribution < 1.29 is 15.0 Å². The number of carbonyl (C=O) groups is 1. The third kappa shape index (κ3) is 4.47. The highest BCUT2D eigenvalue weighted by Gasteiger charge is 2.28. The van der Waals surface area contributed by atoms with Gasteiger partial charge in [-0.25, -0.2) is 0 Å². The molecule has 2 rings (SSSR count). The fourth-order valence-electron chi connectivity index (χ4n) is 1.79. The first kappa shape index (κ1) is 18.5. The SMILES string of the molecule is CC(C)(Sc1ccc(C(O)c2cccnc2)cc1)C(=O)O.Cl. The predicted octanol–water partition coefficient (Wildman–Crippen LogP) is 3.54. The molecule has 0 radical (unpaired) electrons. The summed E-state index contributed by atoms with van der Waals surface area (Å²) in [5.41, 5.74) is 1.48. The molecule has 1 heterocycles. The average molecular weight is 340 g/mol. The molecular formula is C16H18ClNO3S. The minimum absolute atomic E-state index is 0. The van der Waals surface area contributed by atoms with Crippen molar-refractivity contribution in [3.63, 3.8) is 0 Å². The summed E-state index contributed by atoms with van der Waals surface area (Å²) in [5.74, 6) is -0.855. The van der Waals surface area contributed by atoms with Crippen LogP contribution in [0.25, 0.3) is 0 Å². The summed E-state index contributed by atoms with van der Waals surface area (Å²) in [5, 5.41) is 19.4. The molecule has 1 aromatic heterocycles. The Morgan fingerprint density at radius 2 is 1.82 bits per heavy atom. The minimum atomic E-state index is -0.885. The van der Waals surface area contributed by atoms with Crippen LogP contribution in [0.5, 0.6) is 0 Å². The summed E-state index contributed by atoms with van der Waals surface area (Å²) in [6, 6.07) is 10.8. The van der Waals surface area contributed by atoms with Crippen molar-refractivity contribution in [1.29, 1.82) is 0 Å². The second-order valence-corrected chi connectivity index (χ2v) is 6.87. The highest BCUT2D eigenvalue weighted by atomic mass is 35.5. The lowest BCUT2D eigenvalue weighted by atomic mass is 10.0. The van der Waals surface area contributed by atoms with E-state index in [4.69, 9.17) is 5.11 Å². The topological polar surface area (TPSA) is 70.4 Å². The molecule has 1 unspecified atom stereocenters. The summed E-state index contributed by atoms with van der Waals surface area (Å²) >= 11 is 1.28. The van der Waals surface area contributed by atoms with Crippen molar-refractivity contribution in [3.8, 4) is 0 Å². The molecule has 0 aliphatic carbocycles. The number of nitrogens with zero attached hydrogens (tertiary/aromatic N) is 1. The molecule has 0 saturated heterocycles. The van der Waals surface area contributed by atoms with Gasteiger partial charge in [0, 0.05) is 22.9 Å². The summed E-state index contributed by atoms with van der Waals surface area (Å²) in [4.78, 5) is 16.0. The molecule has 2 N–H and O–H groups in total.